The van der Waals surface area contributed by atoms with Crippen molar-refractivity contribution in [1.82, 2.24) is 9.62 Å². The van der Waals surface area contributed by atoms with Gasteiger partial charge in [-0.05, 0) is 61.6 Å². The molecular formula is C21H25FN2O4S. The van der Waals surface area contributed by atoms with E-state index in [0.29, 0.717) is 38.2 Å². The number of methoxy groups -OCH3 is 1. The van der Waals surface area contributed by atoms with E-state index in [2.05, 4.69) is 4.72 Å². The summed E-state index contributed by atoms with van der Waals surface area (Å²) < 4.78 is 46.8. The third-order valence-electron chi connectivity index (χ3n) is 5.24. The van der Waals surface area contributed by atoms with Gasteiger partial charge in [-0.3, -0.25) is 4.79 Å². The van der Waals surface area contributed by atoms with Gasteiger partial charge in [0.15, 0.2) is 0 Å². The maximum atomic E-state index is 13.8. The number of rotatable bonds is 6. The first kappa shape index (κ1) is 21.3. The molecule has 29 heavy (non-hydrogen) atoms. The molecular weight excluding hydrogens is 395 g/mol. The number of hydrogen-bond donors (Lipinski definition) is 1. The van der Waals surface area contributed by atoms with Crippen LogP contribution in [-0.2, 0) is 10.0 Å². The number of aryl methyl sites for hydroxylation is 1. The summed E-state index contributed by atoms with van der Waals surface area (Å²) in [6.45, 7) is 3.04. The van der Waals surface area contributed by atoms with Crippen molar-refractivity contribution in [2.45, 2.75) is 24.7 Å². The molecule has 2 aromatic rings. The van der Waals surface area contributed by atoms with Crippen molar-refractivity contribution in [2.75, 3.05) is 26.7 Å². The molecule has 0 bridgehead atoms. The highest BCUT2D eigenvalue weighted by Gasteiger charge is 2.26. The summed E-state index contributed by atoms with van der Waals surface area (Å²) in [7, 11) is -2.08. The van der Waals surface area contributed by atoms with E-state index in [-0.39, 0.29) is 22.3 Å². The van der Waals surface area contributed by atoms with Gasteiger partial charge < -0.3 is 9.64 Å². The molecule has 2 aromatic carbocycles. The Morgan fingerprint density at radius 2 is 1.90 bits per heavy atom. The van der Waals surface area contributed by atoms with E-state index in [1.165, 1.54) is 25.3 Å². The van der Waals surface area contributed by atoms with Crippen LogP contribution in [0.1, 0.15) is 28.8 Å². The van der Waals surface area contributed by atoms with Gasteiger partial charge in [-0.15, -0.1) is 0 Å². The van der Waals surface area contributed by atoms with Gasteiger partial charge in [0, 0.05) is 19.6 Å². The van der Waals surface area contributed by atoms with Gasteiger partial charge in [-0.2, -0.15) is 0 Å². The van der Waals surface area contributed by atoms with Crippen molar-refractivity contribution in [3.8, 4) is 5.75 Å². The van der Waals surface area contributed by atoms with Crippen LogP contribution in [0.3, 0.4) is 0 Å². The number of amides is 1. The number of carbonyl (C=O) groups excluding carboxylic acids is 1. The monoisotopic (exact) mass is 420 g/mol. The van der Waals surface area contributed by atoms with Crippen LogP contribution in [0.4, 0.5) is 4.39 Å². The van der Waals surface area contributed by atoms with Gasteiger partial charge in [0.1, 0.15) is 11.6 Å². The van der Waals surface area contributed by atoms with Gasteiger partial charge in [-0.1, -0.05) is 12.1 Å². The number of ether oxygens (including phenoxy) is 1. The van der Waals surface area contributed by atoms with Crippen LogP contribution in [0.5, 0.6) is 5.75 Å². The minimum atomic E-state index is -3.62. The molecule has 156 valence electrons. The smallest absolute Gasteiger partial charge is 0.256 e. The van der Waals surface area contributed by atoms with Gasteiger partial charge in [0.25, 0.3) is 5.91 Å². The standard InChI is InChI=1S/C21H25FN2O4S/c1-15-13-17(7-8-20(15)28-2)29(26,27)23-14-16-9-11-24(12-10-16)21(25)18-5-3-4-6-19(18)22/h3-8,13,16,23H,9-12,14H2,1-2H3. The largest absolute Gasteiger partial charge is 0.496 e. The lowest BCUT2D eigenvalue weighted by molar-refractivity contribution is 0.0687. The minimum absolute atomic E-state index is 0.0709. The molecule has 8 heteroatoms. The Bertz CT molecular complexity index is 986. The molecule has 0 atom stereocenters. The van der Waals surface area contributed by atoms with E-state index < -0.39 is 15.8 Å². The third-order valence-corrected chi connectivity index (χ3v) is 6.67. The Morgan fingerprint density at radius 1 is 1.21 bits per heavy atom. The first-order chi connectivity index (χ1) is 13.8. The number of likely N-dealkylation sites (tertiary alicyclic amines) is 1. The zero-order valence-corrected chi connectivity index (χ0v) is 17.3. The molecule has 1 amide bonds. The zero-order valence-electron chi connectivity index (χ0n) is 16.5. The van der Waals surface area contributed by atoms with E-state index in [1.54, 1.807) is 36.1 Å². The highest BCUT2D eigenvalue weighted by atomic mass is 32.2. The summed E-state index contributed by atoms with van der Waals surface area (Å²) in [6, 6.07) is 10.7. The minimum Gasteiger partial charge on any atom is -0.496 e. The van der Waals surface area contributed by atoms with Crippen molar-refractivity contribution < 1.29 is 22.3 Å². The number of carbonyl (C=O) groups is 1. The molecule has 0 unspecified atom stereocenters. The lowest BCUT2D eigenvalue weighted by Crippen LogP contribution is -2.41. The molecule has 1 aliphatic heterocycles. The van der Waals surface area contributed by atoms with Gasteiger partial charge >= 0.3 is 0 Å². The second-order valence-electron chi connectivity index (χ2n) is 7.20. The van der Waals surface area contributed by atoms with Gasteiger partial charge in [0.05, 0.1) is 17.6 Å². The Balaban J connectivity index is 1.55. The van der Waals surface area contributed by atoms with E-state index in [4.69, 9.17) is 4.74 Å². The summed E-state index contributed by atoms with van der Waals surface area (Å²) in [4.78, 5) is 14.3. The van der Waals surface area contributed by atoms with E-state index in [9.17, 15) is 17.6 Å². The molecule has 3 rings (SSSR count). The van der Waals surface area contributed by atoms with Crippen molar-refractivity contribution in [2.24, 2.45) is 5.92 Å². The molecule has 0 aliphatic carbocycles. The Hall–Kier alpha value is -2.45. The topological polar surface area (TPSA) is 75.7 Å². The number of hydrogen-bond acceptors (Lipinski definition) is 4. The summed E-state index contributed by atoms with van der Waals surface area (Å²) >= 11 is 0. The molecule has 0 spiro atoms. The molecule has 6 nitrogen and oxygen atoms in total. The van der Waals surface area contributed by atoms with Gasteiger partial charge in [-0.25, -0.2) is 17.5 Å². The molecule has 0 saturated carbocycles. The highest BCUT2D eigenvalue weighted by molar-refractivity contribution is 7.89. The lowest BCUT2D eigenvalue weighted by Gasteiger charge is -2.32. The van der Waals surface area contributed by atoms with E-state index in [1.807, 2.05) is 0 Å². The third kappa shape index (κ3) is 4.94. The van der Waals surface area contributed by atoms with Crippen LogP contribution in [0.25, 0.3) is 0 Å². The highest BCUT2D eigenvalue weighted by Crippen LogP contribution is 2.23. The molecule has 1 aliphatic rings. The summed E-state index contributed by atoms with van der Waals surface area (Å²) in [6.07, 6.45) is 1.31. The predicted octanol–water partition coefficient (Wildman–Crippen LogP) is 2.97. The van der Waals surface area contributed by atoms with Crippen LogP contribution in [0.15, 0.2) is 47.4 Å². The zero-order chi connectivity index (χ0) is 21.0. The second kappa shape index (κ2) is 8.92. The number of sulfonamides is 1. The molecule has 1 heterocycles. The van der Waals surface area contributed by atoms with Crippen LogP contribution in [0.2, 0.25) is 0 Å². The molecule has 1 fully saturated rings. The second-order valence-corrected chi connectivity index (χ2v) is 8.97. The summed E-state index contributed by atoms with van der Waals surface area (Å²) in [5.41, 5.74) is 0.817. The van der Waals surface area contributed by atoms with Crippen molar-refractivity contribution in [1.29, 1.82) is 0 Å². The first-order valence-corrected chi connectivity index (χ1v) is 11.0. The quantitative estimate of drug-likeness (QED) is 0.780. The predicted molar refractivity (Wildman–Crippen MR) is 108 cm³/mol. The van der Waals surface area contributed by atoms with Crippen LogP contribution >= 0.6 is 0 Å². The number of halogens is 1. The first-order valence-electron chi connectivity index (χ1n) is 9.50. The molecule has 1 N–H and O–H groups in total. The lowest BCUT2D eigenvalue weighted by atomic mass is 9.96. The normalized spacial score (nSPS) is 15.3. The Kier molecular flexibility index (Phi) is 6.54. The molecule has 1 saturated heterocycles. The average Bonchev–Trinajstić information content (AvgIpc) is 2.72. The van der Waals surface area contributed by atoms with Crippen molar-refractivity contribution >= 4 is 15.9 Å². The molecule has 0 aromatic heterocycles. The van der Waals surface area contributed by atoms with Crippen molar-refractivity contribution in [3.63, 3.8) is 0 Å². The number of benzene rings is 2. The van der Waals surface area contributed by atoms with Gasteiger partial charge in [0.2, 0.25) is 10.0 Å². The van der Waals surface area contributed by atoms with Crippen molar-refractivity contribution in [3.05, 3.63) is 59.4 Å². The van der Waals surface area contributed by atoms with Crippen LogP contribution in [-0.4, -0.2) is 46.0 Å². The van der Waals surface area contributed by atoms with E-state index >= 15 is 0 Å². The number of nitrogens with one attached hydrogen (secondary N) is 1. The Morgan fingerprint density at radius 3 is 2.52 bits per heavy atom. The Labute approximate surface area is 170 Å². The summed E-state index contributed by atoms with van der Waals surface area (Å²) in [5, 5.41) is 0. The van der Waals surface area contributed by atoms with E-state index in [0.717, 1.165) is 5.56 Å². The maximum absolute atomic E-state index is 13.8. The molecule has 0 radical (unpaired) electrons. The van der Waals surface area contributed by atoms with Crippen LogP contribution in [0, 0.1) is 18.7 Å². The fourth-order valence-corrected chi connectivity index (χ4v) is 4.68. The fourth-order valence-electron chi connectivity index (χ4n) is 3.47. The average molecular weight is 421 g/mol. The SMILES string of the molecule is COc1ccc(S(=O)(=O)NCC2CCN(C(=O)c3ccccc3F)CC2)cc1C. The maximum Gasteiger partial charge on any atom is 0.256 e. The summed E-state index contributed by atoms with van der Waals surface area (Å²) in [5.74, 6) is -0.0948. The fraction of sp³-hybridized carbons (Fsp3) is 0.381. The van der Waals surface area contributed by atoms with Crippen LogP contribution < -0.4 is 9.46 Å². The number of nitrogens with zero attached hydrogens (tertiary/aromatic N) is 1. The number of piperidine rings is 1.